The Kier molecular flexibility index (Phi) is 10.4. The zero-order valence-corrected chi connectivity index (χ0v) is 22.3. The minimum atomic E-state index is -0.413. The van der Waals surface area contributed by atoms with Crippen molar-refractivity contribution in [1.29, 1.82) is 0 Å². The van der Waals surface area contributed by atoms with Crippen molar-refractivity contribution in [1.82, 2.24) is 10.2 Å². The maximum atomic E-state index is 11.6. The number of piperidine rings is 2. The molecule has 8 nitrogen and oxygen atoms in total. The quantitative estimate of drug-likeness (QED) is 0.507. The number of rotatable bonds is 6. The summed E-state index contributed by atoms with van der Waals surface area (Å²) in [5, 5.41) is 23.0. The molecule has 0 unspecified atom stereocenters. The molecule has 0 aromatic rings. The van der Waals surface area contributed by atoms with E-state index in [2.05, 4.69) is 70.3 Å². The van der Waals surface area contributed by atoms with Gasteiger partial charge in [-0.25, -0.2) is 0 Å². The maximum Gasteiger partial charge on any atom is 0.306 e. The van der Waals surface area contributed by atoms with Crippen LogP contribution in [0, 0.1) is 0 Å². The summed E-state index contributed by atoms with van der Waals surface area (Å²) in [6.07, 6.45) is 2.76. The van der Waals surface area contributed by atoms with Gasteiger partial charge in [-0.2, -0.15) is 0 Å². The zero-order valence-electron chi connectivity index (χ0n) is 22.3. The predicted octanol–water partition coefficient (Wildman–Crippen LogP) is 2.78. The Balaban J connectivity index is 0.000000412. The van der Waals surface area contributed by atoms with Crippen LogP contribution in [0.25, 0.3) is 0 Å². The number of aliphatic hydroxyl groups excluding tert-OH is 2. The van der Waals surface area contributed by atoms with Crippen molar-refractivity contribution in [3.05, 3.63) is 0 Å². The Morgan fingerprint density at radius 3 is 1.67 bits per heavy atom. The molecule has 0 aromatic heterocycles. The summed E-state index contributed by atoms with van der Waals surface area (Å²) in [4.78, 5) is 24.8. The third-order valence-electron chi connectivity index (χ3n) is 6.44. The molecule has 3 N–H and O–H groups in total. The number of ether oxygens (including phenoxy) is 2. The number of methoxy groups -OCH3 is 1. The monoisotopic (exact) mass is 472 g/mol. The first-order valence-corrected chi connectivity index (χ1v) is 12.0. The van der Waals surface area contributed by atoms with Gasteiger partial charge in [-0.1, -0.05) is 0 Å². The number of aliphatic hydroxyl groups is 2. The molecule has 2 rings (SSSR count). The Morgan fingerprint density at radius 1 is 0.818 bits per heavy atom. The molecular weight excluding hydrogens is 424 g/mol. The van der Waals surface area contributed by atoms with Crippen LogP contribution in [-0.4, -0.2) is 81.7 Å². The smallest absolute Gasteiger partial charge is 0.306 e. The highest BCUT2D eigenvalue weighted by Crippen LogP contribution is 2.38. The molecule has 0 aromatic carbocycles. The van der Waals surface area contributed by atoms with Gasteiger partial charge in [0.25, 0.3) is 0 Å². The van der Waals surface area contributed by atoms with Crippen LogP contribution in [0.1, 0.15) is 93.9 Å². The number of likely N-dealkylation sites (tertiary alicyclic amines) is 1. The topological polar surface area (TPSA) is 108 Å². The van der Waals surface area contributed by atoms with Crippen molar-refractivity contribution in [2.75, 3.05) is 20.3 Å². The van der Waals surface area contributed by atoms with E-state index >= 15 is 0 Å². The van der Waals surface area contributed by atoms with E-state index in [-0.39, 0.29) is 53.8 Å². The lowest BCUT2D eigenvalue weighted by Crippen LogP contribution is -2.62. The lowest BCUT2D eigenvalue weighted by Gasteiger charge is -2.54. The number of nitrogens with zero attached hydrogens (tertiary/aromatic N) is 1. The van der Waals surface area contributed by atoms with Crippen LogP contribution in [0.5, 0.6) is 0 Å². The van der Waals surface area contributed by atoms with Crippen molar-refractivity contribution in [2.24, 2.45) is 0 Å². The van der Waals surface area contributed by atoms with Gasteiger partial charge in [0, 0.05) is 28.7 Å². The molecule has 0 radical (unpaired) electrons. The molecule has 0 spiro atoms. The zero-order chi connectivity index (χ0) is 25.7. The summed E-state index contributed by atoms with van der Waals surface area (Å²) in [5.74, 6) is -0.803. The number of carbonyl (C=O) groups is 2. The minimum absolute atomic E-state index is 0.0399. The van der Waals surface area contributed by atoms with Gasteiger partial charge < -0.3 is 25.0 Å². The molecule has 2 heterocycles. The highest BCUT2D eigenvalue weighted by Gasteiger charge is 2.44. The van der Waals surface area contributed by atoms with Crippen LogP contribution in [0.3, 0.4) is 0 Å². The van der Waals surface area contributed by atoms with E-state index < -0.39 is 11.9 Å². The van der Waals surface area contributed by atoms with Gasteiger partial charge in [0.15, 0.2) is 0 Å². The minimum Gasteiger partial charge on any atom is -0.469 e. The van der Waals surface area contributed by atoms with Crippen LogP contribution >= 0.6 is 0 Å². The van der Waals surface area contributed by atoms with Gasteiger partial charge in [0.05, 0.1) is 32.2 Å². The van der Waals surface area contributed by atoms with Crippen molar-refractivity contribution < 1.29 is 29.3 Å². The van der Waals surface area contributed by atoms with Crippen molar-refractivity contribution >= 4 is 11.9 Å². The van der Waals surface area contributed by atoms with E-state index in [1.54, 1.807) is 0 Å². The highest BCUT2D eigenvalue weighted by molar-refractivity contribution is 5.77. The Labute approximate surface area is 200 Å². The normalized spacial score (nSPS) is 24.3. The fourth-order valence-electron chi connectivity index (χ4n) is 5.77. The van der Waals surface area contributed by atoms with Crippen LogP contribution in [0.15, 0.2) is 0 Å². The maximum absolute atomic E-state index is 11.6. The standard InChI is InChI=1S/C16H29NO5.C9H19NO/c1-15(2)10-12(18)11-16(3,4)17(15)8-9-22-14(20)7-6-13(19)21-5;1-8(2)5-7(11)6-9(3,4)10-8/h12,18H,6-11H2,1-5H3;7,10-11H,5-6H2,1-4H3. The molecule has 194 valence electrons. The third-order valence-corrected chi connectivity index (χ3v) is 6.44. The van der Waals surface area contributed by atoms with E-state index in [1.807, 2.05) is 0 Å². The summed E-state index contributed by atoms with van der Waals surface area (Å²) in [7, 11) is 1.29. The molecule has 33 heavy (non-hydrogen) atoms. The first kappa shape index (κ1) is 29.8. The lowest BCUT2D eigenvalue weighted by molar-refractivity contribution is -0.151. The molecule has 2 saturated heterocycles. The number of hydrogen-bond acceptors (Lipinski definition) is 8. The SMILES string of the molecule is CC1(C)CC(O)CC(C)(C)N1.COC(=O)CCC(=O)OCCN1C(C)(C)CC(O)CC1(C)C. The third kappa shape index (κ3) is 10.3. The summed E-state index contributed by atoms with van der Waals surface area (Å²) in [5.41, 5.74) is -0.137. The Morgan fingerprint density at radius 2 is 1.24 bits per heavy atom. The number of hydrogen-bond donors (Lipinski definition) is 3. The van der Waals surface area contributed by atoms with E-state index in [0.717, 1.165) is 12.8 Å². The molecule has 2 aliphatic rings. The fraction of sp³-hybridized carbons (Fsp3) is 0.920. The molecule has 0 aliphatic carbocycles. The average Bonchev–Trinajstić information content (AvgIpc) is 2.58. The molecule has 0 amide bonds. The molecule has 2 aliphatic heterocycles. The van der Waals surface area contributed by atoms with Crippen LogP contribution in [-0.2, 0) is 19.1 Å². The molecule has 0 atom stereocenters. The second kappa shape index (κ2) is 11.5. The number of esters is 2. The summed E-state index contributed by atoms with van der Waals surface area (Å²) >= 11 is 0. The molecule has 0 saturated carbocycles. The first-order chi connectivity index (χ1) is 14.9. The highest BCUT2D eigenvalue weighted by atomic mass is 16.5. The first-order valence-electron chi connectivity index (χ1n) is 12.0. The second-order valence-electron chi connectivity index (χ2n) is 12.1. The van der Waals surface area contributed by atoms with Crippen molar-refractivity contribution in [2.45, 2.75) is 128 Å². The van der Waals surface area contributed by atoms with Crippen LogP contribution < -0.4 is 5.32 Å². The van der Waals surface area contributed by atoms with E-state index in [1.165, 1.54) is 7.11 Å². The van der Waals surface area contributed by atoms with E-state index in [9.17, 15) is 19.8 Å². The lowest BCUT2D eigenvalue weighted by atomic mass is 9.78. The van der Waals surface area contributed by atoms with Gasteiger partial charge in [-0.3, -0.25) is 14.5 Å². The molecule has 0 bridgehead atoms. The fourth-order valence-corrected chi connectivity index (χ4v) is 5.77. The van der Waals surface area contributed by atoms with Crippen LogP contribution in [0.4, 0.5) is 0 Å². The van der Waals surface area contributed by atoms with Gasteiger partial charge in [-0.15, -0.1) is 0 Å². The van der Waals surface area contributed by atoms with E-state index in [0.29, 0.717) is 19.4 Å². The second-order valence-corrected chi connectivity index (χ2v) is 12.1. The Hall–Kier alpha value is -1.22. The summed E-state index contributed by atoms with van der Waals surface area (Å²) in [6, 6.07) is 0. The largest absolute Gasteiger partial charge is 0.469 e. The number of carbonyl (C=O) groups excluding carboxylic acids is 2. The van der Waals surface area contributed by atoms with Crippen LogP contribution in [0.2, 0.25) is 0 Å². The van der Waals surface area contributed by atoms with E-state index in [4.69, 9.17) is 4.74 Å². The summed E-state index contributed by atoms with van der Waals surface area (Å²) in [6.45, 7) is 17.8. The summed E-state index contributed by atoms with van der Waals surface area (Å²) < 4.78 is 9.69. The predicted molar refractivity (Wildman–Crippen MR) is 129 cm³/mol. The van der Waals surface area contributed by atoms with Gasteiger partial charge >= 0.3 is 11.9 Å². The van der Waals surface area contributed by atoms with Crippen molar-refractivity contribution in [3.8, 4) is 0 Å². The van der Waals surface area contributed by atoms with Gasteiger partial charge in [0.2, 0.25) is 0 Å². The number of nitrogens with one attached hydrogen (secondary N) is 1. The molecule has 8 heteroatoms. The Bertz CT molecular complexity index is 625. The molecular formula is C25H48N2O6. The molecule has 2 fully saturated rings. The van der Waals surface area contributed by atoms with Gasteiger partial charge in [-0.05, 0) is 81.1 Å². The van der Waals surface area contributed by atoms with Gasteiger partial charge in [0.1, 0.15) is 6.61 Å². The van der Waals surface area contributed by atoms with Crippen molar-refractivity contribution in [3.63, 3.8) is 0 Å². The average molecular weight is 473 g/mol.